The standard InChI is InChI=1S/C32H35NO4/c1-2-35-31(34)20-13-25-12-19-30-29(22-25)26(14-11-24-8-4-3-5-9-24)23-33(30)27-15-17-28(18-16-27)37-32-10-6-7-21-36-32/h3-5,8-9,12,15-19,22-23,32H,2,6-7,10-11,13-14,20-21H2,1H3. The number of nitrogens with zero attached hydrogens (tertiary/aromatic N) is 1. The molecule has 2 heterocycles. The molecule has 5 heteroatoms. The molecule has 192 valence electrons. The Balaban J connectivity index is 1.40. The quantitative estimate of drug-likeness (QED) is 0.226. The SMILES string of the molecule is CCOC(=O)CCc1ccc2c(c1)c(CCc1ccccc1)cn2-c1ccc(OC2CCCCO2)cc1. The predicted octanol–water partition coefficient (Wildman–Crippen LogP) is 6.82. The van der Waals surface area contributed by atoms with E-state index in [-0.39, 0.29) is 12.3 Å². The van der Waals surface area contributed by atoms with Crippen LogP contribution in [0, 0.1) is 0 Å². The number of esters is 1. The van der Waals surface area contributed by atoms with Crippen LogP contribution in [-0.4, -0.2) is 30.0 Å². The van der Waals surface area contributed by atoms with Crippen molar-refractivity contribution >= 4 is 16.9 Å². The fraction of sp³-hybridized carbons (Fsp3) is 0.344. The van der Waals surface area contributed by atoms with E-state index in [4.69, 9.17) is 14.2 Å². The van der Waals surface area contributed by atoms with E-state index in [1.165, 1.54) is 16.5 Å². The molecule has 1 aliphatic heterocycles. The lowest BCUT2D eigenvalue weighted by Gasteiger charge is -2.23. The third-order valence-corrected chi connectivity index (χ3v) is 6.92. The van der Waals surface area contributed by atoms with Crippen molar-refractivity contribution in [3.8, 4) is 11.4 Å². The molecule has 0 amide bonds. The summed E-state index contributed by atoms with van der Waals surface area (Å²) >= 11 is 0. The maximum Gasteiger partial charge on any atom is 0.306 e. The second kappa shape index (κ2) is 12.1. The number of benzene rings is 3. The van der Waals surface area contributed by atoms with Crippen molar-refractivity contribution in [3.63, 3.8) is 0 Å². The van der Waals surface area contributed by atoms with E-state index in [0.717, 1.165) is 61.2 Å². The number of rotatable bonds is 10. The molecule has 0 N–H and O–H groups in total. The normalized spacial score (nSPS) is 15.5. The average Bonchev–Trinajstić information content (AvgIpc) is 3.30. The molecule has 4 aromatic rings. The van der Waals surface area contributed by atoms with Gasteiger partial charge >= 0.3 is 5.97 Å². The lowest BCUT2D eigenvalue weighted by Crippen LogP contribution is -2.24. The molecule has 1 atom stereocenters. The van der Waals surface area contributed by atoms with E-state index < -0.39 is 0 Å². The Morgan fingerprint density at radius 3 is 2.54 bits per heavy atom. The molecule has 1 aliphatic rings. The van der Waals surface area contributed by atoms with Crippen LogP contribution in [0.4, 0.5) is 0 Å². The average molecular weight is 498 g/mol. The van der Waals surface area contributed by atoms with Gasteiger partial charge in [0.25, 0.3) is 0 Å². The smallest absolute Gasteiger partial charge is 0.306 e. The second-order valence-corrected chi connectivity index (χ2v) is 9.57. The summed E-state index contributed by atoms with van der Waals surface area (Å²) in [5.41, 5.74) is 6.02. The van der Waals surface area contributed by atoms with Crippen molar-refractivity contribution in [2.75, 3.05) is 13.2 Å². The first-order valence-electron chi connectivity index (χ1n) is 13.4. The first-order chi connectivity index (χ1) is 18.2. The Morgan fingerprint density at radius 1 is 0.946 bits per heavy atom. The van der Waals surface area contributed by atoms with E-state index in [9.17, 15) is 4.79 Å². The maximum atomic E-state index is 11.9. The molecular formula is C32H35NO4. The topological polar surface area (TPSA) is 49.7 Å². The number of carbonyl (C=O) groups is 1. The molecule has 0 spiro atoms. The highest BCUT2D eigenvalue weighted by Crippen LogP contribution is 2.29. The van der Waals surface area contributed by atoms with Crippen LogP contribution in [0.5, 0.6) is 5.75 Å². The predicted molar refractivity (Wildman–Crippen MR) is 146 cm³/mol. The Kier molecular flexibility index (Phi) is 8.21. The van der Waals surface area contributed by atoms with E-state index >= 15 is 0 Å². The molecule has 1 unspecified atom stereocenters. The molecule has 0 bridgehead atoms. The minimum Gasteiger partial charge on any atom is -0.466 e. The number of hydrogen-bond acceptors (Lipinski definition) is 4. The van der Waals surface area contributed by atoms with Gasteiger partial charge in [0.05, 0.1) is 18.7 Å². The van der Waals surface area contributed by atoms with E-state index in [2.05, 4.69) is 71.4 Å². The van der Waals surface area contributed by atoms with Crippen molar-refractivity contribution in [1.29, 1.82) is 0 Å². The Bertz CT molecular complexity index is 1300. The van der Waals surface area contributed by atoms with Gasteiger partial charge in [-0.25, -0.2) is 0 Å². The van der Waals surface area contributed by atoms with Crippen LogP contribution in [0.25, 0.3) is 16.6 Å². The number of aryl methyl sites for hydroxylation is 3. The number of hydrogen-bond donors (Lipinski definition) is 0. The van der Waals surface area contributed by atoms with Crippen LogP contribution >= 0.6 is 0 Å². The Hall–Kier alpha value is -3.57. The first kappa shape index (κ1) is 25.1. The first-order valence-corrected chi connectivity index (χ1v) is 13.4. The maximum absolute atomic E-state index is 11.9. The van der Waals surface area contributed by atoms with Gasteiger partial charge in [0, 0.05) is 30.1 Å². The summed E-state index contributed by atoms with van der Waals surface area (Å²) < 4.78 is 19.1. The third-order valence-electron chi connectivity index (χ3n) is 6.92. The highest BCUT2D eigenvalue weighted by Gasteiger charge is 2.16. The zero-order chi connectivity index (χ0) is 25.5. The zero-order valence-corrected chi connectivity index (χ0v) is 21.5. The van der Waals surface area contributed by atoms with Gasteiger partial charge in [-0.2, -0.15) is 0 Å². The van der Waals surface area contributed by atoms with Crippen molar-refractivity contribution < 1.29 is 19.0 Å². The highest BCUT2D eigenvalue weighted by atomic mass is 16.7. The number of carbonyl (C=O) groups excluding carboxylic acids is 1. The van der Waals surface area contributed by atoms with Crippen molar-refractivity contribution in [2.45, 2.75) is 58.2 Å². The van der Waals surface area contributed by atoms with Gasteiger partial charge in [-0.3, -0.25) is 4.79 Å². The summed E-state index contributed by atoms with van der Waals surface area (Å²) in [7, 11) is 0. The Morgan fingerprint density at radius 2 is 1.78 bits per heavy atom. The minimum absolute atomic E-state index is 0.148. The lowest BCUT2D eigenvalue weighted by atomic mass is 10.0. The number of ether oxygens (including phenoxy) is 3. The highest BCUT2D eigenvalue weighted by molar-refractivity contribution is 5.86. The minimum atomic E-state index is -0.148. The third kappa shape index (κ3) is 6.41. The van der Waals surface area contributed by atoms with Gasteiger partial charge in [-0.1, -0.05) is 36.4 Å². The largest absolute Gasteiger partial charge is 0.466 e. The summed E-state index contributed by atoms with van der Waals surface area (Å²) in [6.07, 6.45) is 8.28. The van der Waals surface area contributed by atoms with Crippen LogP contribution < -0.4 is 4.74 Å². The van der Waals surface area contributed by atoms with Crippen LogP contribution in [0.2, 0.25) is 0 Å². The summed E-state index contributed by atoms with van der Waals surface area (Å²) in [6.45, 7) is 3.03. The van der Waals surface area contributed by atoms with Crippen molar-refractivity contribution in [1.82, 2.24) is 4.57 Å². The van der Waals surface area contributed by atoms with E-state index in [1.54, 1.807) is 0 Å². The van der Waals surface area contributed by atoms with Gasteiger partial charge in [-0.15, -0.1) is 0 Å². The fourth-order valence-electron chi connectivity index (χ4n) is 4.96. The van der Waals surface area contributed by atoms with Gasteiger partial charge in [0.2, 0.25) is 0 Å². The van der Waals surface area contributed by atoms with Crippen LogP contribution in [-0.2, 0) is 33.5 Å². The number of fused-ring (bicyclic) bond motifs is 1. The second-order valence-electron chi connectivity index (χ2n) is 9.57. The van der Waals surface area contributed by atoms with Crippen molar-refractivity contribution in [2.24, 2.45) is 0 Å². The van der Waals surface area contributed by atoms with E-state index in [1.807, 2.05) is 19.1 Å². The molecule has 0 aliphatic carbocycles. The molecule has 0 radical (unpaired) electrons. The van der Waals surface area contributed by atoms with Gasteiger partial charge < -0.3 is 18.8 Å². The van der Waals surface area contributed by atoms with Gasteiger partial charge in [-0.05, 0) is 92.1 Å². The summed E-state index contributed by atoms with van der Waals surface area (Å²) in [5, 5.41) is 1.23. The van der Waals surface area contributed by atoms with Gasteiger partial charge in [0.1, 0.15) is 5.75 Å². The monoisotopic (exact) mass is 497 g/mol. The van der Waals surface area contributed by atoms with Crippen LogP contribution in [0.3, 0.4) is 0 Å². The van der Waals surface area contributed by atoms with Crippen molar-refractivity contribution in [3.05, 3.63) is 95.7 Å². The number of aromatic nitrogens is 1. The summed E-state index contributed by atoms with van der Waals surface area (Å²) in [6, 6.07) is 25.4. The lowest BCUT2D eigenvalue weighted by molar-refractivity contribution is -0.143. The molecule has 3 aromatic carbocycles. The van der Waals surface area contributed by atoms with Crippen LogP contribution in [0.15, 0.2) is 79.0 Å². The molecular weight excluding hydrogens is 462 g/mol. The summed E-state index contributed by atoms with van der Waals surface area (Å²) in [4.78, 5) is 11.9. The Labute approximate surface area is 219 Å². The molecule has 1 saturated heterocycles. The fourth-order valence-corrected chi connectivity index (χ4v) is 4.96. The molecule has 1 fully saturated rings. The van der Waals surface area contributed by atoms with Crippen LogP contribution in [0.1, 0.15) is 49.3 Å². The van der Waals surface area contributed by atoms with E-state index in [0.29, 0.717) is 19.4 Å². The van der Waals surface area contributed by atoms with Gasteiger partial charge in [0.15, 0.2) is 6.29 Å². The molecule has 5 nitrogen and oxygen atoms in total. The molecule has 37 heavy (non-hydrogen) atoms. The molecule has 0 saturated carbocycles. The molecule has 1 aromatic heterocycles. The zero-order valence-electron chi connectivity index (χ0n) is 21.5. The summed E-state index contributed by atoms with van der Waals surface area (Å²) in [5.74, 6) is 0.683. The molecule has 5 rings (SSSR count).